The molecule has 168 valence electrons. The van der Waals surface area contributed by atoms with Gasteiger partial charge in [0.25, 0.3) is 5.91 Å². The van der Waals surface area contributed by atoms with Crippen LogP contribution in [0.25, 0.3) is 5.57 Å². The highest BCUT2D eigenvalue weighted by molar-refractivity contribution is 7.90. The van der Waals surface area contributed by atoms with Crippen molar-refractivity contribution in [2.45, 2.75) is 36.2 Å². The van der Waals surface area contributed by atoms with Gasteiger partial charge in [0.1, 0.15) is 18.4 Å². The van der Waals surface area contributed by atoms with E-state index in [1.807, 2.05) is 0 Å². The van der Waals surface area contributed by atoms with E-state index in [1.165, 1.54) is 35.7 Å². The van der Waals surface area contributed by atoms with Crippen molar-refractivity contribution >= 4 is 37.8 Å². The molecule has 0 radical (unpaired) electrons. The number of nitrogens with zero attached hydrogens (tertiary/aromatic N) is 1. The number of alkyl halides is 2. The van der Waals surface area contributed by atoms with Crippen LogP contribution >= 0.6 is 11.3 Å². The van der Waals surface area contributed by atoms with E-state index >= 15 is 0 Å². The Morgan fingerprint density at radius 1 is 1.29 bits per heavy atom. The summed E-state index contributed by atoms with van der Waals surface area (Å²) in [7, 11) is -3.43. The lowest BCUT2D eigenvalue weighted by atomic mass is 9.98. The second kappa shape index (κ2) is 9.51. The molecular weight excluding hydrogens is 450 g/mol. The molecule has 1 aromatic carbocycles. The quantitative estimate of drug-likeness (QED) is 0.534. The number of benzene rings is 1. The zero-order valence-electron chi connectivity index (χ0n) is 16.5. The summed E-state index contributed by atoms with van der Waals surface area (Å²) in [6.07, 6.45) is -1.92. The minimum absolute atomic E-state index is 0.0521. The average Bonchev–Trinajstić information content (AvgIpc) is 3.31. The molecule has 1 amide bonds. The van der Waals surface area contributed by atoms with Gasteiger partial charge >= 0.3 is 0 Å². The van der Waals surface area contributed by atoms with Gasteiger partial charge in [-0.2, -0.15) is 0 Å². The van der Waals surface area contributed by atoms with Gasteiger partial charge in [0.05, 0.1) is 17.2 Å². The van der Waals surface area contributed by atoms with Crippen LogP contribution in [-0.4, -0.2) is 54.7 Å². The third-order valence-corrected chi connectivity index (χ3v) is 6.85. The second-order valence-corrected chi connectivity index (χ2v) is 10.2. The molecule has 2 aromatic rings. The monoisotopic (exact) mass is 472 g/mol. The first-order valence-corrected chi connectivity index (χ1v) is 12.2. The number of hydrogen-bond acceptors (Lipinski definition) is 7. The second-order valence-electron chi connectivity index (χ2n) is 7.37. The Bertz CT molecular complexity index is 1060. The highest BCUT2D eigenvalue weighted by Gasteiger charge is 2.34. The number of aliphatic hydroxyl groups is 2. The van der Waals surface area contributed by atoms with Crippen molar-refractivity contribution in [2.24, 2.45) is 5.92 Å². The van der Waals surface area contributed by atoms with Crippen LogP contribution < -0.4 is 5.32 Å². The van der Waals surface area contributed by atoms with Crippen LogP contribution in [0, 0.1) is 5.92 Å². The van der Waals surface area contributed by atoms with Crippen molar-refractivity contribution in [1.29, 1.82) is 0 Å². The topological polar surface area (TPSA) is 117 Å². The van der Waals surface area contributed by atoms with Gasteiger partial charge in [0, 0.05) is 17.2 Å². The van der Waals surface area contributed by atoms with E-state index in [9.17, 15) is 27.1 Å². The van der Waals surface area contributed by atoms with Crippen LogP contribution in [0.4, 0.5) is 13.9 Å². The number of hydrogen-bond donors (Lipinski definition) is 3. The van der Waals surface area contributed by atoms with E-state index in [1.54, 1.807) is 0 Å². The molecule has 1 heterocycles. The van der Waals surface area contributed by atoms with Gasteiger partial charge < -0.3 is 10.2 Å². The van der Waals surface area contributed by atoms with E-state index in [-0.39, 0.29) is 34.1 Å². The number of carbonyl (C=O) groups is 1. The number of allylic oxidation sites excluding steroid dienone is 1. The molecular formula is C20H22F2N2O5S2. The predicted octanol–water partition coefficient (Wildman–Crippen LogP) is 2.68. The molecule has 3 rings (SSSR count). The van der Waals surface area contributed by atoms with E-state index < -0.39 is 46.7 Å². The zero-order chi connectivity index (χ0) is 22.8. The van der Waals surface area contributed by atoms with Crippen LogP contribution in [0.3, 0.4) is 0 Å². The molecule has 0 saturated heterocycles. The highest BCUT2D eigenvalue weighted by atomic mass is 32.2. The summed E-state index contributed by atoms with van der Waals surface area (Å²) in [5, 5.41) is 22.9. The number of sulfone groups is 1. The van der Waals surface area contributed by atoms with E-state index in [4.69, 9.17) is 5.11 Å². The Morgan fingerprint density at radius 3 is 2.45 bits per heavy atom. The number of carbonyl (C=O) groups excluding carboxylic acids is 1. The molecule has 0 spiro atoms. The standard InChI is InChI=1S/C20H22F2N2O5S2/c1-31(28,29)13-4-2-12(3-5-13)14(6-11-7-15(21)16(22)8-11)19(27)24-20-23-17(10-30-20)18(26)9-25/h2-6,10-11,15-16,18,25-26H,7-9H2,1H3,(H,23,24,27)/b14-6+. The number of rotatable bonds is 7. The summed E-state index contributed by atoms with van der Waals surface area (Å²) >= 11 is 1.04. The summed E-state index contributed by atoms with van der Waals surface area (Å²) in [5.41, 5.74) is 0.711. The lowest BCUT2D eigenvalue weighted by Gasteiger charge is -2.11. The Morgan fingerprint density at radius 2 is 1.90 bits per heavy atom. The molecule has 31 heavy (non-hydrogen) atoms. The molecule has 1 fully saturated rings. The fourth-order valence-electron chi connectivity index (χ4n) is 3.28. The number of amides is 1. The van der Waals surface area contributed by atoms with Gasteiger partial charge in [-0.05, 0) is 36.5 Å². The summed E-state index contributed by atoms with van der Waals surface area (Å²) in [6, 6.07) is 5.63. The molecule has 3 N–H and O–H groups in total. The third kappa shape index (κ3) is 5.73. The first-order chi connectivity index (χ1) is 14.6. The van der Waals surface area contributed by atoms with Crippen molar-refractivity contribution in [1.82, 2.24) is 4.98 Å². The van der Waals surface area contributed by atoms with E-state index in [2.05, 4.69) is 10.3 Å². The summed E-state index contributed by atoms with van der Waals surface area (Å²) in [5.74, 6) is -1.09. The molecule has 1 aliphatic carbocycles. The van der Waals surface area contributed by atoms with Crippen molar-refractivity contribution in [3.05, 3.63) is 47.0 Å². The summed E-state index contributed by atoms with van der Waals surface area (Å²) in [6.45, 7) is -0.522. The summed E-state index contributed by atoms with van der Waals surface area (Å²) in [4.78, 5) is 17.1. The lowest BCUT2D eigenvalue weighted by molar-refractivity contribution is -0.111. The maximum Gasteiger partial charge on any atom is 0.257 e. The van der Waals surface area contributed by atoms with Crippen molar-refractivity contribution in [2.75, 3.05) is 18.2 Å². The molecule has 0 aliphatic heterocycles. The lowest BCUT2D eigenvalue weighted by Crippen LogP contribution is -2.15. The van der Waals surface area contributed by atoms with Crippen LogP contribution in [0.5, 0.6) is 0 Å². The number of anilines is 1. The number of nitrogens with one attached hydrogen (secondary N) is 1. The average molecular weight is 473 g/mol. The molecule has 3 atom stereocenters. The van der Waals surface area contributed by atoms with E-state index in [0.717, 1.165) is 17.6 Å². The van der Waals surface area contributed by atoms with Gasteiger partial charge in [-0.15, -0.1) is 11.3 Å². The number of halogens is 2. The van der Waals surface area contributed by atoms with Crippen LogP contribution in [-0.2, 0) is 14.6 Å². The Labute approximate surface area is 182 Å². The van der Waals surface area contributed by atoms with Crippen molar-refractivity contribution in [3.63, 3.8) is 0 Å². The van der Waals surface area contributed by atoms with Gasteiger partial charge in [-0.1, -0.05) is 18.2 Å². The number of aliphatic hydroxyl groups excluding tert-OH is 2. The Balaban J connectivity index is 1.90. The molecule has 1 saturated carbocycles. The maximum atomic E-state index is 13.6. The highest BCUT2D eigenvalue weighted by Crippen LogP contribution is 2.34. The largest absolute Gasteiger partial charge is 0.393 e. The molecule has 0 bridgehead atoms. The predicted molar refractivity (Wildman–Crippen MR) is 113 cm³/mol. The fourth-order valence-corrected chi connectivity index (χ4v) is 4.66. The van der Waals surface area contributed by atoms with Crippen molar-refractivity contribution < 1.29 is 32.2 Å². The van der Waals surface area contributed by atoms with E-state index in [0.29, 0.717) is 5.56 Å². The molecule has 3 unspecified atom stereocenters. The van der Waals surface area contributed by atoms with Crippen LogP contribution in [0.1, 0.15) is 30.2 Å². The van der Waals surface area contributed by atoms with Crippen LogP contribution in [0.15, 0.2) is 40.6 Å². The van der Waals surface area contributed by atoms with Gasteiger partial charge in [-0.3, -0.25) is 10.1 Å². The minimum Gasteiger partial charge on any atom is -0.393 e. The van der Waals surface area contributed by atoms with Gasteiger partial charge in [0.2, 0.25) is 0 Å². The maximum absolute atomic E-state index is 13.6. The molecule has 11 heteroatoms. The molecule has 1 aliphatic rings. The minimum atomic E-state index is -3.43. The Kier molecular flexibility index (Phi) is 7.20. The first kappa shape index (κ1) is 23.5. The third-order valence-electron chi connectivity index (χ3n) is 4.95. The molecule has 7 nitrogen and oxygen atoms in total. The fraction of sp³-hybridized carbons (Fsp3) is 0.400. The first-order valence-electron chi connectivity index (χ1n) is 9.44. The number of thiazole rings is 1. The number of aromatic nitrogens is 1. The smallest absolute Gasteiger partial charge is 0.257 e. The van der Waals surface area contributed by atoms with Crippen molar-refractivity contribution in [3.8, 4) is 0 Å². The van der Waals surface area contributed by atoms with Gasteiger partial charge in [0.15, 0.2) is 15.0 Å². The molecule has 1 aromatic heterocycles. The van der Waals surface area contributed by atoms with Crippen LogP contribution in [0.2, 0.25) is 0 Å². The van der Waals surface area contributed by atoms with Gasteiger partial charge in [-0.25, -0.2) is 22.2 Å². The zero-order valence-corrected chi connectivity index (χ0v) is 18.2. The Hall–Kier alpha value is -2.21. The normalized spacial score (nSPS) is 23.0. The SMILES string of the molecule is CS(=O)(=O)c1ccc(/C(=C\C2CC(F)C(F)C2)C(=O)Nc2nc(C(O)CO)cs2)cc1. The summed E-state index contributed by atoms with van der Waals surface area (Å²) < 4.78 is 50.7.